The molecule has 21 heavy (non-hydrogen) atoms. The highest BCUT2D eigenvalue weighted by atomic mass is 16.5. The van der Waals surface area contributed by atoms with Gasteiger partial charge in [0, 0.05) is 43.5 Å². The summed E-state index contributed by atoms with van der Waals surface area (Å²) in [5, 5.41) is 3.64. The van der Waals surface area contributed by atoms with E-state index in [1.807, 2.05) is 0 Å². The molecule has 4 nitrogen and oxygen atoms in total. The molecule has 2 fully saturated rings. The highest BCUT2D eigenvalue weighted by Crippen LogP contribution is 2.26. The first kappa shape index (κ1) is 14.8. The largest absolute Gasteiger partial charge is 0.377 e. The number of anilines is 1. The zero-order chi connectivity index (χ0) is 14.8. The van der Waals surface area contributed by atoms with Crippen molar-refractivity contribution < 1.29 is 4.74 Å². The van der Waals surface area contributed by atoms with Gasteiger partial charge < -0.3 is 15.0 Å². The molecule has 0 amide bonds. The lowest BCUT2D eigenvalue weighted by Crippen LogP contribution is -2.33. The second kappa shape index (κ2) is 6.32. The van der Waals surface area contributed by atoms with E-state index in [-0.39, 0.29) is 6.10 Å². The summed E-state index contributed by atoms with van der Waals surface area (Å²) in [4.78, 5) is 7.28. The summed E-state index contributed by atoms with van der Waals surface area (Å²) >= 11 is 0. The van der Waals surface area contributed by atoms with Gasteiger partial charge in [0.05, 0.1) is 6.10 Å². The summed E-state index contributed by atoms with van der Waals surface area (Å²) in [6.45, 7) is 10.2. The van der Waals surface area contributed by atoms with Crippen LogP contribution in [0.5, 0.6) is 0 Å². The lowest BCUT2D eigenvalue weighted by Gasteiger charge is -2.27. The fraction of sp³-hybridized carbons (Fsp3) is 0.706. The quantitative estimate of drug-likeness (QED) is 0.924. The number of aryl methyl sites for hydroxylation is 2. The van der Waals surface area contributed by atoms with E-state index in [0.29, 0.717) is 0 Å². The maximum absolute atomic E-state index is 5.78. The summed E-state index contributed by atoms with van der Waals surface area (Å²) in [6.07, 6.45) is 4.00. The number of nitrogens with one attached hydrogen (secondary N) is 1. The number of nitrogens with zero attached hydrogens (tertiary/aromatic N) is 2. The van der Waals surface area contributed by atoms with Gasteiger partial charge in [-0.25, -0.2) is 4.98 Å². The second-order valence-electron chi connectivity index (χ2n) is 6.52. The molecule has 0 spiro atoms. The molecule has 1 aliphatic carbocycles. The van der Waals surface area contributed by atoms with Crippen molar-refractivity contribution >= 4 is 5.82 Å². The molecule has 0 aromatic carbocycles. The van der Waals surface area contributed by atoms with Crippen molar-refractivity contribution in [2.75, 3.05) is 24.6 Å². The van der Waals surface area contributed by atoms with Crippen LogP contribution in [0, 0.1) is 13.8 Å². The van der Waals surface area contributed by atoms with Gasteiger partial charge in [-0.1, -0.05) is 0 Å². The van der Waals surface area contributed by atoms with Crippen LogP contribution in [-0.2, 0) is 11.3 Å². The van der Waals surface area contributed by atoms with E-state index in [1.165, 1.54) is 24.0 Å². The minimum Gasteiger partial charge on any atom is -0.377 e. The molecule has 4 heteroatoms. The maximum atomic E-state index is 5.78. The van der Waals surface area contributed by atoms with Crippen LogP contribution in [0.25, 0.3) is 0 Å². The Morgan fingerprint density at radius 1 is 1.38 bits per heavy atom. The molecule has 1 unspecified atom stereocenters. The van der Waals surface area contributed by atoms with Crippen LogP contribution < -0.4 is 10.2 Å². The Morgan fingerprint density at radius 2 is 2.19 bits per heavy atom. The summed E-state index contributed by atoms with van der Waals surface area (Å²) in [6, 6.07) is 2.93. The first-order valence-electron chi connectivity index (χ1n) is 8.20. The lowest BCUT2D eigenvalue weighted by atomic mass is 10.1. The van der Waals surface area contributed by atoms with Crippen molar-refractivity contribution in [1.29, 1.82) is 0 Å². The predicted octanol–water partition coefficient (Wildman–Crippen LogP) is 2.57. The van der Waals surface area contributed by atoms with Crippen LogP contribution >= 0.6 is 0 Å². The molecule has 2 aliphatic rings. The molecule has 1 aliphatic heterocycles. The molecular weight excluding hydrogens is 262 g/mol. The van der Waals surface area contributed by atoms with Gasteiger partial charge in [-0.15, -0.1) is 0 Å². The smallest absolute Gasteiger partial charge is 0.133 e. The molecule has 116 valence electrons. The Bertz CT molecular complexity index is 499. The highest BCUT2D eigenvalue weighted by Gasteiger charge is 2.24. The Balaban J connectivity index is 1.86. The Morgan fingerprint density at radius 3 is 2.95 bits per heavy atom. The molecule has 1 aromatic heterocycles. The minimum absolute atomic E-state index is 0.277. The molecule has 2 heterocycles. The van der Waals surface area contributed by atoms with Gasteiger partial charge in [-0.05, 0) is 51.7 Å². The van der Waals surface area contributed by atoms with Gasteiger partial charge in [0.2, 0.25) is 0 Å². The van der Waals surface area contributed by atoms with Gasteiger partial charge in [0.1, 0.15) is 5.82 Å². The van der Waals surface area contributed by atoms with E-state index < -0.39 is 0 Å². The Kier molecular flexibility index (Phi) is 4.45. The van der Waals surface area contributed by atoms with Crippen LogP contribution in [0.3, 0.4) is 0 Å². The van der Waals surface area contributed by atoms with Gasteiger partial charge in [-0.2, -0.15) is 0 Å². The van der Waals surface area contributed by atoms with Crippen molar-refractivity contribution in [3.8, 4) is 0 Å². The van der Waals surface area contributed by atoms with Crippen LogP contribution in [0.2, 0.25) is 0 Å². The average molecular weight is 289 g/mol. The summed E-state index contributed by atoms with van der Waals surface area (Å²) in [5.74, 6) is 1.16. The molecule has 1 saturated heterocycles. The first-order chi connectivity index (χ1) is 10.1. The van der Waals surface area contributed by atoms with Crippen molar-refractivity contribution in [1.82, 2.24) is 10.3 Å². The summed E-state index contributed by atoms with van der Waals surface area (Å²) in [7, 11) is 0. The number of hydrogen-bond donors (Lipinski definition) is 1. The van der Waals surface area contributed by atoms with E-state index in [1.54, 1.807) is 0 Å². The maximum Gasteiger partial charge on any atom is 0.133 e. The fourth-order valence-electron chi connectivity index (χ4n) is 3.04. The van der Waals surface area contributed by atoms with E-state index in [9.17, 15) is 0 Å². The predicted molar refractivity (Wildman–Crippen MR) is 85.8 cm³/mol. The third-order valence-electron chi connectivity index (χ3n) is 4.35. The average Bonchev–Trinajstić information content (AvgIpc) is 3.24. The minimum atomic E-state index is 0.277. The van der Waals surface area contributed by atoms with Gasteiger partial charge in [-0.3, -0.25) is 0 Å². The molecule has 1 N–H and O–H groups in total. The SMILES string of the molecule is Cc1cc(C)c(CNC2CC2)c(N2CCCOC(C)C2)n1. The van der Waals surface area contributed by atoms with Gasteiger partial charge in [0.25, 0.3) is 0 Å². The molecule has 3 rings (SSSR count). The lowest BCUT2D eigenvalue weighted by molar-refractivity contribution is 0.0820. The van der Waals surface area contributed by atoms with Crippen LogP contribution in [0.4, 0.5) is 5.82 Å². The molecule has 0 bridgehead atoms. The van der Waals surface area contributed by atoms with Crippen LogP contribution in [0.15, 0.2) is 6.07 Å². The second-order valence-corrected chi connectivity index (χ2v) is 6.52. The van der Waals surface area contributed by atoms with E-state index in [0.717, 1.165) is 50.2 Å². The third kappa shape index (κ3) is 3.74. The third-order valence-corrected chi connectivity index (χ3v) is 4.35. The van der Waals surface area contributed by atoms with Crippen molar-refractivity contribution in [3.63, 3.8) is 0 Å². The monoisotopic (exact) mass is 289 g/mol. The molecule has 1 aromatic rings. The zero-order valence-corrected chi connectivity index (χ0v) is 13.5. The van der Waals surface area contributed by atoms with Crippen molar-refractivity contribution in [3.05, 3.63) is 22.9 Å². The topological polar surface area (TPSA) is 37.4 Å². The first-order valence-corrected chi connectivity index (χ1v) is 8.20. The summed E-state index contributed by atoms with van der Waals surface area (Å²) in [5.41, 5.74) is 3.82. The number of pyridine rings is 1. The normalized spacial score (nSPS) is 23.2. The van der Waals surface area contributed by atoms with E-state index in [2.05, 4.69) is 37.1 Å². The van der Waals surface area contributed by atoms with Gasteiger partial charge >= 0.3 is 0 Å². The number of rotatable bonds is 4. The van der Waals surface area contributed by atoms with Crippen LogP contribution in [-0.4, -0.2) is 36.8 Å². The zero-order valence-electron chi connectivity index (χ0n) is 13.5. The van der Waals surface area contributed by atoms with Crippen molar-refractivity contribution in [2.24, 2.45) is 0 Å². The fourth-order valence-corrected chi connectivity index (χ4v) is 3.04. The Hall–Kier alpha value is -1.13. The van der Waals surface area contributed by atoms with Crippen molar-refractivity contribution in [2.45, 2.75) is 58.7 Å². The Labute approximate surface area is 127 Å². The van der Waals surface area contributed by atoms with E-state index >= 15 is 0 Å². The van der Waals surface area contributed by atoms with E-state index in [4.69, 9.17) is 9.72 Å². The molecular formula is C17H27N3O. The molecule has 1 saturated carbocycles. The van der Waals surface area contributed by atoms with Gasteiger partial charge in [0.15, 0.2) is 0 Å². The van der Waals surface area contributed by atoms with Crippen LogP contribution in [0.1, 0.15) is 43.0 Å². The molecule has 0 radical (unpaired) electrons. The number of aromatic nitrogens is 1. The molecule has 1 atom stereocenters. The summed E-state index contributed by atoms with van der Waals surface area (Å²) < 4.78 is 5.78. The standard InChI is InChI=1S/C17H27N3O/c1-12-9-13(2)19-17(16(12)10-18-15-5-6-15)20-7-4-8-21-14(3)11-20/h9,14-15,18H,4-8,10-11H2,1-3H3. The number of hydrogen-bond acceptors (Lipinski definition) is 4. The highest BCUT2D eigenvalue weighted by molar-refractivity contribution is 5.52. The number of ether oxygens (including phenoxy) is 1.